The Labute approximate surface area is 347 Å². The minimum absolute atomic E-state index is 0.0369. The second-order valence-electron chi connectivity index (χ2n) is 19.8. The summed E-state index contributed by atoms with van der Waals surface area (Å²) in [5.41, 5.74) is 14.6. The van der Waals surface area contributed by atoms with Crippen molar-refractivity contribution < 1.29 is 25.0 Å². The second kappa shape index (κ2) is 15.7. The first-order valence-electron chi connectivity index (χ1n) is 20.7. The van der Waals surface area contributed by atoms with Gasteiger partial charge < -0.3 is 0 Å². The summed E-state index contributed by atoms with van der Waals surface area (Å²) in [4.78, 5) is 0. The fourth-order valence-electron chi connectivity index (χ4n) is 9.88. The summed E-state index contributed by atoms with van der Waals surface area (Å²) < 4.78 is 12.8. The van der Waals surface area contributed by atoms with Crippen LogP contribution >= 0.6 is 17.0 Å². The predicted molar refractivity (Wildman–Crippen MR) is 245 cm³/mol. The molecular weight excluding hydrogens is 823 g/mol. The zero-order valence-corrected chi connectivity index (χ0v) is 41.6. The number of halogens is 2. The van der Waals surface area contributed by atoms with Crippen LogP contribution < -0.4 is 9.47 Å². The molecule has 0 spiro atoms. The van der Waals surface area contributed by atoms with E-state index in [1.165, 1.54) is 44.5 Å². The molecule has 2 nitrogen and oxygen atoms in total. The van der Waals surface area contributed by atoms with Gasteiger partial charge in [-0.2, -0.15) is 0 Å². The molecule has 56 heavy (non-hydrogen) atoms. The number of methoxy groups -OCH3 is 2. The van der Waals surface area contributed by atoms with Crippen molar-refractivity contribution in [3.63, 3.8) is 0 Å². The Bertz CT molecular complexity index is 2020. The Hall–Kier alpha value is -2.36. The van der Waals surface area contributed by atoms with E-state index >= 15 is 0 Å². The Balaban J connectivity index is 1.79. The molecule has 4 aromatic rings. The number of fused-ring (bicyclic) bond motifs is 2. The molecule has 0 heterocycles. The van der Waals surface area contributed by atoms with Gasteiger partial charge in [0.1, 0.15) is 0 Å². The van der Waals surface area contributed by atoms with E-state index in [0.29, 0.717) is 11.8 Å². The third kappa shape index (κ3) is 7.41. The molecule has 0 saturated heterocycles. The van der Waals surface area contributed by atoms with Crippen LogP contribution in [-0.2, 0) is 26.4 Å². The first-order valence-corrected chi connectivity index (χ1v) is 37.1. The predicted octanol–water partition coefficient (Wildman–Crippen LogP) is 15.3. The molecule has 0 radical (unpaired) electrons. The van der Waals surface area contributed by atoms with Crippen LogP contribution in [0.25, 0.3) is 34.4 Å². The summed E-state index contributed by atoms with van der Waals surface area (Å²) in [6, 6.07) is 26.6. The number of benzene rings is 4. The summed E-state index contributed by atoms with van der Waals surface area (Å²) in [6.45, 7) is 28.1. The van der Waals surface area contributed by atoms with E-state index in [9.17, 15) is 0 Å². The van der Waals surface area contributed by atoms with Crippen LogP contribution in [0.15, 0.2) is 83.9 Å². The molecule has 0 fully saturated rings. The number of hydrogen-bond acceptors (Lipinski definition) is 2. The van der Waals surface area contributed by atoms with Crippen LogP contribution in [0, 0.1) is 11.8 Å². The molecule has 299 valence electrons. The fraction of sp³-hybridized carbons (Fsp3) is 0.440. The molecule has 0 aliphatic heterocycles. The molecule has 6 heteroatoms. The SMILES string of the molecule is COc1c(C(C)(C)C)cc2c(c1-c1ccccc1)C=C(CC(C)C)[CH]2[Zr]([Cl])([Cl])([CH]1C(CC(C)C)=Cc2c1cc(C(C)(C)C)c(OC)c2-c1ccccc1)[SiH](C)C. The average molecular weight is 888 g/mol. The van der Waals surface area contributed by atoms with Gasteiger partial charge in [0.05, 0.1) is 0 Å². The van der Waals surface area contributed by atoms with Gasteiger partial charge in [-0.3, -0.25) is 0 Å². The normalized spacial score (nSPS) is 17.8. The van der Waals surface area contributed by atoms with Crippen molar-refractivity contribution in [2.45, 2.75) is 113 Å². The molecule has 2 atom stereocenters. The van der Waals surface area contributed by atoms with Crippen LogP contribution in [-0.4, -0.2) is 20.1 Å². The molecule has 0 bridgehead atoms. The molecule has 0 N–H and O–H groups in total. The van der Waals surface area contributed by atoms with Gasteiger partial charge in [0.15, 0.2) is 0 Å². The summed E-state index contributed by atoms with van der Waals surface area (Å²) in [7, 11) is 21.9. The van der Waals surface area contributed by atoms with Crippen LogP contribution in [0.1, 0.15) is 123 Å². The quantitative estimate of drug-likeness (QED) is 0.140. The average Bonchev–Trinajstić information content (AvgIpc) is 3.67. The number of rotatable bonds is 11. The first-order chi connectivity index (χ1) is 26.1. The number of ether oxygens (including phenoxy) is 2. The van der Waals surface area contributed by atoms with Crippen molar-refractivity contribution >= 4 is 35.1 Å². The van der Waals surface area contributed by atoms with Crippen LogP contribution in [0.5, 0.6) is 11.5 Å². The fourth-order valence-corrected chi connectivity index (χ4v) is 41.2. The number of allylic oxidation sites excluding steroid dienone is 2. The van der Waals surface area contributed by atoms with E-state index < -0.39 is 21.5 Å². The van der Waals surface area contributed by atoms with Gasteiger partial charge in [-0.05, 0) is 0 Å². The maximum absolute atomic E-state index is 9.12. The molecule has 4 aromatic carbocycles. The van der Waals surface area contributed by atoms with E-state index in [1.807, 2.05) is 14.2 Å². The Morgan fingerprint density at radius 2 is 0.946 bits per heavy atom. The molecule has 2 aliphatic rings. The van der Waals surface area contributed by atoms with E-state index in [2.05, 4.69) is 167 Å². The van der Waals surface area contributed by atoms with Crippen LogP contribution in [0.3, 0.4) is 0 Å². The van der Waals surface area contributed by atoms with Gasteiger partial charge in [0, 0.05) is 0 Å². The van der Waals surface area contributed by atoms with Gasteiger partial charge in [-0.1, -0.05) is 0 Å². The third-order valence-electron chi connectivity index (χ3n) is 12.4. The van der Waals surface area contributed by atoms with E-state index in [-0.39, 0.29) is 18.1 Å². The Kier molecular flexibility index (Phi) is 12.1. The molecule has 2 aliphatic carbocycles. The van der Waals surface area contributed by atoms with Gasteiger partial charge >= 0.3 is 351 Å². The zero-order chi connectivity index (χ0) is 41.1. The summed E-state index contributed by atoms with van der Waals surface area (Å²) in [5.74, 6) is 0.927. The Morgan fingerprint density at radius 1 is 0.607 bits per heavy atom. The molecule has 0 amide bonds. The van der Waals surface area contributed by atoms with Crippen LogP contribution in [0.2, 0.25) is 13.1 Å². The topological polar surface area (TPSA) is 18.5 Å². The van der Waals surface area contributed by atoms with Crippen molar-refractivity contribution in [1.29, 1.82) is 0 Å². The molecule has 6 rings (SSSR count). The van der Waals surface area contributed by atoms with Gasteiger partial charge in [-0.15, -0.1) is 0 Å². The van der Waals surface area contributed by atoms with Gasteiger partial charge in [0.2, 0.25) is 0 Å². The van der Waals surface area contributed by atoms with Crippen molar-refractivity contribution in [3.05, 3.63) is 117 Å². The minimum atomic E-state index is -5.23. The van der Waals surface area contributed by atoms with Crippen molar-refractivity contribution in [2.24, 2.45) is 11.8 Å². The third-order valence-corrected chi connectivity index (χ3v) is 64.2. The summed E-state index contributed by atoms with van der Waals surface area (Å²) >= 11 is -5.23. The van der Waals surface area contributed by atoms with Crippen LogP contribution in [0.4, 0.5) is 0 Å². The molecule has 0 aromatic heterocycles. The van der Waals surface area contributed by atoms with E-state index in [4.69, 9.17) is 26.5 Å². The van der Waals surface area contributed by atoms with Crippen molar-refractivity contribution in [2.75, 3.05) is 14.2 Å². The first kappa shape index (κ1) is 43.2. The van der Waals surface area contributed by atoms with Crippen molar-refractivity contribution in [1.82, 2.24) is 0 Å². The standard InChI is InChI=1S/2C24H29O.C2H7Si.2ClH.Zr/c2*1-16(2)12-17-13-19-15-21(24(3,4)5)23(25-6)22(20(19)14-17)18-10-8-7-9-11-18;1-3-2;;;/h2*7-11,13-16H,12H2,1-6H3;3H,1-2H3;2*1H;/q;;;;;+2/p-2. The second-order valence-corrected chi connectivity index (χ2v) is 62.3. The Morgan fingerprint density at radius 3 is 1.21 bits per heavy atom. The maximum atomic E-state index is 9.12. The summed E-state index contributed by atoms with van der Waals surface area (Å²) in [5, 5.41) is 0. The zero-order valence-electron chi connectivity index (χ0n) is 36.5. The van der Waals surface area contributed by atoms with Crippen molar-refractivity contribution in [3.8, 4) is 33.8 Å². The van der Waals surface area contributed by atoms with Gasteiger partial charge in [0.25, 0.3) is 0 Å². The molecular formula is C50H65Cl2O2SiZr. The van der Waals surface area contributed by atoms with Gasteiger partial charge in [-0.25, -0.2) is 0 Å². The summed E-state index contributed by atoms with van der Waals surface area (Å²) in [6.07, 6.45) is 6.88. The molecule has 2 unspecified atom stereocenters. The van der Waals surface area contributed by atoms with E-state index in [1.54, 1.807) is 0 Å². The molecule has 0 saturated carbocycles. The van der Waals surface area contributed by atoms with E-state index in [0.717, 1.165) is 46.6 Å². The monoisotopic (exact) mass is 885 g/mol. The number of hydrogen-bond donors (Lipinski definition) is 0.